The maximum Gasteiger partial charge on any atom is 0.573 e. The van der Waals surface area contributed by atoms with Crippen LogP contribution < -0.4 is 15.4 Å². The van der Waals surface area contributed by atoms with Crippen LogP contribution in [-0.4, -0.2) is 37.6 Å². The van der Waals surface area contributed by atoms with E-state index in [2.05, 4.69) is 15.4 Å². The third-order valence-electron chi connectivity index (χ3n) is 4.21. The van der Waals surface area contributed by atoms with Gasteiger partial charge in [0.1, 0.15) is 5.75 Å². The zero-order chi connectivity index (χ0) is 22.8. The number of amides is 2. The Hall–Kier alpha value is -2.73. The summed E-state index contributed by atoms with van der Waals surface area (Å²) in [6, 6.07) is 8.85. The molecular weight excluding hydrogens is 457 g/mol. The first-order valence-corrected chi connectivity index (χ1v) is 11.5. The molecule has 0 bridgehead atoms. The van der Waals surface area contributed by atoms with E-state index in [-0.39, 0.29) is 28.2 Å². The minimum Gasteiger partial charge on any atom is -0.406 e. The van der Waals surface area contributed by atoms with Crippen molar-refractivity contribution in [2.75, 3.05) is 16.4 Å². The molecule has 0 saturated carbocycles. The van der Waals surface area contributed by atoms with Crippen LogP contribution in [0.15, 0.2) is 52.3 Å². The largest absolute Gasteiger partial charge is 0.573 e. The maximum atomic E-state index is 12.6. The zero-order valence-electron chi connectivity index (χ0n) is 16.0. The Labute approximate surface area is 180 Å². The van der Waals surface area contributed by atoms with Crippen molar-refractivity contribution in [3.63, 3.8) is 0 Å². The van der Waals surface area contributed by atoms with Gasteiger partial charge in [-0.3, -0.25) is 9.59 Å². The number of hydrogen-bond acceptors (Lipinski definition) is 6. The number of carbonyl (C=O) groups excluding carboxylic acids is 2. The highest BCUT2D eigenvalue weighted by atomic mass is 32.2. The molecular formula is C19H17F3N2O5S2. The van der Waals surface area contributed by atoms with E-state index in [1.54, 1.807) is 13.0 Å². The number of sulfone groups is 1. The van der Waals surface area contributed by atoms with Crippen LogP contribution in [0.1, 0.15) is 13.3 Å². The summed E-state index contributed by atoms with van der Waals surface area (Å²) in [6.07, 6.45) is -5.19. The van der Waals surface area contributed by atoms with Crippen molar-refractivity contribution >= 4 is 44.8 Å². The molecule has 12 heteroatoms. The first-order valence-electron chi connectivity index (χ1n) is 8.93. The van der Waals surface area contributed by atoms with Gasteiger partial charge in [0.05, 0.1) is 21.6 Å². The first-order chi connectivity index (χ1) is 14.4. The lowest BCUT2D eigenvalue weighted by Crippen LogP contribution is -2.26. The quantitative estimate of drug-likeness (QED) is 0.660. The fraction of sp³-hybridized carbons (Fsp3) is 0.263. The number of thioether (sulfide) groups is 1. The number of hydrogen-bond donors (Lipinski definition) is 2. The monoisotopic (exact) mass is 474 g/mol. The van der Waals surface area contributed by atoms with E-state index < -0.39 is 33.6 Å². The molecule has 2 aromatic carbocycles. The summed E-state index contributed by atoms with van der Waals surface area (Å²) in [5.41, 5.74) is 0.597. The fourth-order valence-electron chi connectivity index (χ4n) is 2.69. The van der Waals surface area contributed by atoms with Gasteiger partial charge in [0.2, 0.25) is 11.8 Å². The molecule has 1 aliphatic rings. The van der Waals surface area contributed by atoms with Gasteiger partial charge in [-0.2, -0.15) is 0 Å². The van der Waals surface area contributed by atoms with Crippen LogP contribution in [0.3, 0.4) is 0 Å². The molecule has 0 unspecified atom stereocenters. The zero-order valence-corrected chi connectivity index (χ0v) is 17.7. The van der Waals surface area contributed by atoms with Crippen LogP contribution in [0.25, 0.3) is 0 Å². The molecule has 2 N–H and O–H groups in total. The topological polar surface area (TPSA) is 102 Å². The van der Waals surface area contributed by atoms with Crippen molar-refractivity contribution in [2.45, 2.75) is 34.7 Å². The summed E-state index contributed by atoms with van der Waals surface area (Å²) < 4.78 is 65.4. The molecule has 0 aromatic heterocycles. The molecule has 2 aromatic rings. The second-order valence-corrected chi connectivity index (χ2v) is 10.1. The predicted octanol–water partition coefficient (Wildman–Crippen LogP) is 3.82. The van der Waals surface area contributed by atoms with Crippen molar-refractivity contribution < 1.29 is 35.9 Å². The summed E-state index contributed by atoms with van der Waals surface area (Å²) in [7, 11) is -3.81. The highest BCUT2D eigenvalue weighted by Gasteiger charge is 2.31. The highest BCUT2D eigenvalue weighted by molar-refractivity contribution is 8.01. The van der Waals surface area contributed by atoms with Crippen LogP contribution in [0, 0.1) is 0 Å². The number of ether oxygens (including phenoxy) is 1. The molecule has 0 aliphatic carbocycles. The van der Waals surface area contributed by atoms with Crippen LogP contribution in [0.2, 0.25) is 0 Å². The van der Waals surface area contributed by atoms with Crippen LogP contribution in [0.5, 0.6) is 5.75 Å². The molecule has 0 saturated heterocycles. The average Bonchev–Trinajstić information content (AvgIpc) is 2.67. The summed E-state index contributed by atoms with van der Waals surface area (Å²) in [5.74, 6) is -1.77. The van der Waals surface area contributed by atoms with Crippen molar-refractivity contribution in [3.8, 4) is 5.75 Å². The number of carbonyl (C=O) groups is 2. The maximum absolute atomic E-state index is 12.6. The number of halogens is 3. The van der Waals surface area contributed by atoms with Gasteiger partial charge < -0.3 is 15.4 Å². The van der Waals surface area contributed by atoms with Crippen molar-refractivity contribution in [3.05, 3.63) is 42.5 Å². The van der Waals surface area contributed by atoms with E-state index in [0.717, 1.165) is 17.0 Å². The molecule has 7 nitrogen and oxygen atoms in total. The summed E-state index contributed by atoms with van der Waals surface area (Å²) >= 11 is 1.32. The summed E-state index contributed by atoms with van der Waals surface area (Å²) in [5, 5.41) is 4.79. The molecule has 0 radical (unpaired) electrons. The number of benzene rings is 2. The molecule has 0 spiro atoms. The van der Waals surface area contributed by atoms with Gasteiger partial charge >= 0.3 is 6.36 Å². The Bertz CT molecular complexity index is 1100. The van der Waals surface area contributed by atoms with Gasteiger partial charge in [0, 0.05) is 17.0 Å². The number of anilines is 2. The molecule has 31 heavy (non-hydrogen) atoms. The third-order valence-corrected chi connectivity index (χ3v) is 7.10. The summed E-state index contributed by atoms with van der Waals surface area (Å²) in [6.45, 7) is 1.74. The Morgan fingerprint density at radius 3 is 2.52 bits per heavy atom. The molecule has 166 valence electrons. The minimum atomic E-state index is -4.82. The lowest BCUT2D eigenvalue weighted by Gasteiger charge is -2.21. The van der Waals surface area contributed by atoms with E-state index in [0.29, 0.717) is 5.69 Å². The molecule has 1 heterocycles. The number of nitrogens with one attached hydrogen (secondary N) is 2. The SMILES string of the molecule is C[C@@H]1Sc2ccc(S(=O)(=O)CCC(=O)Nc3ccc(OC(F)(F)F)cc3)cc2NC1=O. The van der Waals surface area contributed by atoms with E-state index >= 15 is 0 Å². The number of alkyl halides is 3. The molecule has 1 aliphatic heterocycles. The lowest BCUT2D eigenvalue weighted by atomic mass is 10.3. The fourth-order valence-corrected chi connectivity index (χ4v) is 4.88. The number of rotatable bonds is 6. The third kappa shape index (κ3) is 6.14. The van der Waals surface area contributed by atoms with Gasteiger partial charge in [-0.05, 0) is 49.4 Å². The van der Waals surface area contributed by atoms with Gasteiger partial charge in [-0.1, -0.05) is 0 Å². The Kier molecular flexibility index (Phi) is 6.51. The van der Waals surface area contributed by atoms with Gasteiger partial charge in [-0.15, -0.1) is 24.9 Å². The molecule has 0 fully saturated rings. The van der Waals surface area contributed by atoms with Crippen LogP contribution >= 0.6 is 11.8 Å². The average molecular weight is 474 g/mol. The lowest BCUT2D eigenvalue weighted by molar-refractivity contribution is -0.274. The Morgan fingerprint density at radius 1 is 1.19 bits per heavy atom. The second-order valence-electron chi connectivity index (χ2n) is 6.60. The van der Waals surface area contributed by atoms with E-state index in [4.69, 9.17) is 0 Å². The summed E-state index contributed by atoms with van der Waals surface area (Å²) in [4.78, 5) is 24.6. The van der Waals surface area contributed by atoms with E-state index in [1.165, 1.54) is 36.0 Å². The van der Waals surface area contributed by atoms with Crippen molar-refractivity contribution in [2.24, 2.45) is 0 Å². The Morgan fingerprint density at radius 2 is 1.87 bits per heavy atom. The van der Waals surface area contributed by atoms with Crippen LogP contribution in [-0.2, 0) is 19.4 Å². The predicted molar refractivity (Wildman–Crippen MR) is 109 cm³/mol. The van der Waals surface area contributed by atoms with Crippen LogP contribution in [0.4, 0.5) is 24.5 Å². The normalized spacial score (nSPS) is 16.3. The van der Waals surface area contributed by atoms with Gasteiger partial charge in [0.15, 0.2) is 9.84 Å². The van der Waals surface area contributed by atoms with Gasteiger partial charge in [-0.25, -0.2) is 8.42 Å². The van der Waals surface area contributed by atoms with E-state index in [9.17, 15) is 31.2 Å². The molecule has 2 amide bonds. The highest BCUT2D eigenvalue weighted by Crippen LogP contribution is 2.37. The Balaban J connectivity index is 1.59. The first kappa shape index (κ1) is 22.9. The van der Waals surface area contributed by atoms with Crippen molar-refractivity contribution in [1.82, 2.24) is 0 Å². The molecule has 1 atom stereocenters. The van der Waals surface area contributed by atoms with Gasteiger partial charge in [0.25, 0.3) is 0 Å². The minimum absolute atomic E-state index is 0.0249. The molecule has 3 rings (SSSR count). The second kappa shape index (κ2) is 8.79. The smallest absolute Gasteiger partial charge is 0.406 e. The van der Waals surface area contributed by atoms with E-state index in [1.807, 2.05) is 0 Å². The number of fused-ring (bicyclic) bond motifs is 1. The van der Waals surface area contributed by atoms with Crippen molar-refractivity contribution in [1.29, 1.82) is 0 Å². The standard InChI is InChI=1S/C19H17F3N2O5S2/c1-11-18(26)24-15-10-14(6-7-16(15)30-11)31(27,28)9-8-17(25)23-12-2-4-13(5-3-12)29-19(20,21)22/h2-7,10-11H,8-9H2,1H3,(H,23,25)(H,24,26)/t11-/m0/s1.